The summed E-state index contributed by atoms with van der Waals surface area (Å²) in [6, 6.07) is 0. The Kier molecular flexibility index (Phi) is 5.11. The fraction of sp³-hybridized carbons (Fsp3) is 0.636. The van der Waals surface area contributed by atoms with E-state index < -0.39 is 0 Å². The monoisotopic (exact) mass is 241 g/mol. The van der Waals surface area contributed by atoms with Crippen LogP contribution in [0, 0.1) is 6.92 Å². The minimum Gasteiger partial charge on any atom is -0.395 e. The molecule has 1 rings (SSSR count). The van der Waals surface area contributed by atoms with Crippen molar-refractivity contribution in [2.75, 3.05) is 33.4 Å². The molecule has 1 aromatic heterocycles. The van der Waals surface area contributed by atoms with Gasteiger partial charge >= 0.3 is 0 Å². The van der Waals surface area contributed by atoms with Crippen molar-refractivity contribution in [1.29, 1.82) is 0 Å². The first kappa shape index (κ1) is 13.7. The molecular formula is C11H19N3O3. The molecule has 0 radical (unpaired) electrons. The van der Waals surface area contributed by atoms with Gasteiger partial charge in [-0.3, -0.25) is 9.48 Å². The van der Waals surface area contributed by atoms with Gasteiger partial charge in [-0.15, -0.1) is 0 Å². The van der Waals surface area contributed by atoms with Gasteiger partial charge in [0.15, 0.2) is 0 Å². The van der Waals surface area contributed by atoms with Crippen LogP contribution in [0.5, 0.6) is 0 Å². The van der Waals surface area contributed by atoms with Crippen molar-refractivity contribution < 1.29 is 14.6 Å². The normalized spacial score (nSPS) is 10.6. The predicted molar refractivity (Wildman–Crippen MR) is 62.8 cm³/mol. The first-order valence-electron chi connectivity index (χ1n) is 5.49. The van der Waals surface area contributed by atoms with Gasteiger partial charge in [0.2, 0.25) is 0 Å². The van der Waals surface area contributed by atoms with Gasteiger partial charge in [-0.05, 0) is 6.92 Å². The van der Waals surface area contributed by atoms with Gasteiger partial charge < -0.3 is 14.7 Å². The molecule has 6 heteroatoms. The molecule has 0 saturated carbocycles. The largest absolute Gasteiger partial charge is 0.395 e. The second-order valence-corrected chi connectivity index (χ2v) is 3.81. The number of carbonyl (C=O) groups is 1. The molecule has 1 amide bonds. The highest BCUT2D eigenvalue weighted by Crippen LogP contribution is 2.08. The van der Waals surface area contributed by atoms with Gasteiger partial charge in [-0.25, -0.2) is 0 Å². The SMILES string of the molecule is COCCN(CCO)C(=O)c1cn(C)nc1C. The lowest BCUT2D eigenvalue weighted by Gasteiger charge is -2.20. The summed E-state index contributed by atoms with van der Waals surface area (Å²) in [7, 11) is 3.35. The molecule has 0 aliphatic carbocycles. The van der Waals surface area contributed by atoms with Crippen LogP contribution < -0.4 is 0 Å². The maximum Gasteiger partial charge on any atom is 0.257 e. The number of rotatable bonds is 6. The predicted octanol–water partition coefficient (Wildman–Crippen LogP) is -0.191. The quantitative estimate of drug-likeness (QED) is 0.749. The summed E-state index contributed by atoms with van der Waals surface area (Å²) in [4.78, 5) is 13.7. The van der Waals surface area contributed by atoms with Crippen molar-refractivity contribution >= 4 is 5.91 Å². The van der Waals surface area contributed by atoms with Crippen molar-refractivity contribution in [3.63, 3.8) is 0 Å². The molecule has 6 nitrogen and oxygen atoms in total. The van der Waals surface area contributed by atoms with Crippen LogP contribution in [-0.4, -0.2) is 59.1 Å². The average Bonchev–Trinajstić information content (AvgIpc) is 2.63. The zero-order valence-electron chi connectivity index (χ0n) is 10.5. The van der Waals surface area contributed by atoms with E-state index in [2.05, 4.69) is 5.10 Å². The molecule has 0 unspecified atom stereocenters. The number of hydrogen-bond donors (Lipinski definition) is 1. The Balaban J connectivity index is 2.79. The summed E-state index contributed by atoms with van der Waals surface area (Å²) in [6.07, 6.45) is 1.69. The number of aryl methyl sites for hydroxylation is 2. The summed E-state index contributed by atoms with van der Waals surface area (Å²) >= 11 is 0. The smallest absolute Gasteiger partial charge is 0.257 e. The van der Waals surface area contributed by atoms with E-state index >= 15 is 0 Å². The molecule has 0 aliphatic heterocycles. The molecule has 0 saturated heterocycles. The number of aromatic nitrogens is 2. The standard InChI is InChI=1S/C11H19N3O3/c1-9-10(8-13(2)12-9)11(16)14(4-6-15)5-7-17-3/h8,15H,4-7H2,1-3H3. The highest BCUT2D eigenvalue weighted by molar-refractivity contribution is 5.95. The number of nitrogens with zero attached hydrogens (tertiary/aromatic N) is 3. The van der Waals surface area contributed by atoms with E-state index in [0.29, 0.717) is 31.0 Å². The van der Waals surface area contributed by atoms with Crippen LogP contribution in [0.1, 0.15) is 16.1 Å². The van der Waals surface area contributed by atoms with Crippen molar-refractivity contribution in [2.45, 2.75) is 6.92 Å². The van der Waals surface area contributed by atoms with E-state index in [9.17, 15) is 4.79 Å². The molecule has 0 atom stereocenters. The maximum atomic E-state index is 12.2. The van der Waals surface area contributed by atoms with Gasteiger partial charge in [-0.1, -0.05) is 0 Å². The summed E-state index contributed by atoms with van der Waals surface area (Å²) in [5.74, 6) is -0.123. The van der Waals surface area contributed by atoms with Crippen molar-refractivity contribution in [3.05, 3.63) is 17.5 Å². The average molecular weight is 241 g/mol. The fourth-order valence-electron chi connectivity index (χ4n) is 1.62. The van der Waals surface area contributed by atoms with Gasteiger partial charge in [0.05, 0.1) is 24.5 Å². The molecular weight excluding hydrogens is 222 g/mol. The number of amides is 1. The van der Waals surface area contributed by atoms with Crippen molar-refractivity contribution in [1.82, 2.24) is 14.7 Å². The Labute approximate surface area is 101 Å². The van der Waals surface area contributed by atoms with E-state index in [4.69, 9.17) is 9.84 Å². The Morgan fingerprint density at radius 3 is 2.76 bits per heavy atom. The second kappa shape index (κ2) is 6.36. The summed E-state index contributed by atoms with van der Waals surface area (Å²) in [5.41, 5.74) is 1.26. The van der Waals surface area contributed by atoms with Gasteiger partial charge in [-0.2, -0.15) is 5.10 Å². The third-order valence-corrected chi connectivity index (χ3v) is 2.47. The second-order valence-electron chi connectivity index (χ2n) is 3.81. The number of aliphatic hydroxyl groups is 1. The third-order valence-electron chi connectivity index (χ3n) is 2.47. The molecule has 0 aliphatic rings. The van der Waals surface area contributed by atoms with Crippen LogP contribution in [0.3, 0.4) is 0 Å². The number of hydrogen-bond acceptors (Lipinski definition) is 4. The molecule has 0 fully saturated rings. The highest BCUT2D eigenvalue weighted by atomic mass is 16.5. The summed E-state index contributed by atoms with van der Waals surface area (Å²) in [6.45, 7) is 2.95. The lowest BCUT2D eigenvalue weighted by Crippen LogP contribution is -2.36. The van der Waals surface area contributed by atoms with Crippen LogP contribution in [-0.2, 0) is 11.8 Å². The van der Waals surface area contributed by atoms with Gasteiger partial charge in [0.25, 0.3) is 5.91 Å². The molecule has 0 spiro atoms. The molecule has 96 valence electrons. The van der Waals surface area contributed by atoms with Crippen LogP contribution in [0.4, 0.5) is 0 Å². The Morgan fingerprint density at radius 1 is 1.59 bits per heavy atom. The number of methoxy groups -OCH3 is 1. The highest BCUT2D eigenvalue weighted by Gasteiger charge is 2.19. The van der Waals surface area contributed by atoms with Crippen LogP contribution >= 0.6 is 0 Å². The molecule has 17 heavy (non-hydrogen) atoms. The molecule has 1 N–H and O–H groups in total. The van der Waals surface area contributed by atoms with Crippen molar-refractivity contribution in [2.24, 2.45) is 7.05 Å². The number of aliphatic hydroxyl groups excluding tert-OH is 1. The van der Waals surface area contributed by atoms with Gasteiger partial charge in [0.1, 0.15) is 0 Å². The fourth-order valence-corrected chi connectivity index (χ4v) is 1.62. The van der Waals surface area contributed by atoms with E-state index in [0.717, 1.165) is 0 Å². The van der Waals surface area contributed by atoms with E-state index in [1.165, 1.54) is 0 Å². The topological polar surface area (TPSA) is 67.6 Å². The Morgan fingerprint density at radius 2 is 2.29 bits per heavy atom. The van der Waals surface area contributed by atoms with E-state index in [-0.39, 0.29) is 12.5 Å². The lowest BCUT2D eigenvalue weighted by molar-refractivity contribution is 0.0655. The van der Waals surface area contributed by atoms with Crippen LogP contribution in [0.2, 0.25) is 0 Å². The Hall–Kier alpha value is -1.40. The molecule has 0 bridgehead atoms. The minimum atomic E-state index is -0.123. The molecule has 1 aromatic rings. The summed E-state index contributed by atoms with van der Waals surface area (Å²) in [5, 5.41) is 13.1. The number of ether oxygens (including phenoxy) is 1. The number of carbonyl (C=O) groups excluding carboxylic acids is 1. The lowest BCUT2D eigenvalue weighted by atomic mass is 10.2. The third kappa shape index (κ3) is 3.54. The van der Waals surface area contributed by atoms with Crippen LogP contribution in [0.25, 0.3) is 0 Å². The first-order chi connectivity index (χ1) is 8.10. The van der Waals surface area contributed by atoms with Gasteiger partial charge in [0, 0.05) is 33.4 Å². The van der Waals surface area contributed by atoms with E-state index in [1.807, 2.05) is 0 Å². The van der Waals surface area contributed by atoms with Crippen molar-refractivity contribution in [3.8, 4) is 0 Å². The Bertz CT molecular complexity index is 376. The molecule has 0 aromatic carbocycles. The first-order valence-corrected chi connectivity index (χ1v) is 5.49. The zero-order chi connectivity index (χ0) is 12.8. The molecule has 1 heterocycles. The zero-order valence-corrected chi connectivity index (χ0v) is 10.5. The van der Waals surface area contributed by atoms with Crippen LogP contribution in [0.15, 0.2) is 6.20 Å². The minimum absolute atomic E-state index is 0.0607. The summed E-state index contributed by atoms with van der Waals surface area (Å²) < 4.78 is 6.55. The maximum absolute atomic E-state index is 12.2. The van der Waals surface area contributed by atoms with E-state index in [1.54, 1.807) is 36.9 Å².